The minimum atomic E-state index is -4.88. The summed E-state index contributed by atoms with van der Waals surface area (Å²) in [6.07, 6.45) is 4.07. The summed E-state index contributed by atoms with van der Waals surface area (Å²) in [5, 5.41) is 1.89. The van der Waals surface area contributed by atoms with Crippen molar-refractivity contribution in [2.24, 2.45) is 35.0 Å². The normalized spacial score (nSPS) is 37.5. The fourth-order valence-corrected chi connectivity index (χ4v) is 8.75. The summed E-state index contributed by atoms with van der Waals surface area (Å²) >= 11 is 0. The van der Waals surface area contributed by atoms with E-state index in [4.69, 9.17) is 0 Å². The Morgan fingerprint density at radius 1 is 1.30 bits per heavy atom. The summed E-state index contributed by atoms with van der Waals surface area (Å²) in [6, 6.07) is 0. The Hall–Kier alpha value is -1.18. The van der Waals surface area contributed by atoms with Crippen LogP contribution in [0.5, 0.6) is 0 Å². The third-order valence-electron chi connectivity index (χ3n) is 8.92. The van der Waals surface area contributed by atoms with Gasteiger partial charge in [-0.2, -0.15) is 13.2 Å². The van der Waals surface area contributed by atoms with Gasteiger partial charge in [-0.1, -0.05) is 32.4 Å². The van der Waals surface area contributed by atoms with Crippen LogP contribution in [0.25, 0.3) is 0 Å². The molecular formula is C25H38F3NO3S. The number of hydrogen-bond donors (Lipinski definition) is 1. The first kappa shape index (κ1) is 26.4. The van der Waals surface area contributed by atoms with Crippen LogP contribution in [0.1, 0.15) is 71.6 Å². The first-order valence-corrected chi connectivity index (χ1v) is 13.7. The number of alkyl halides is 3. The zero-order valence-electron chi connectivity index (χ0n) is 19.8. The van der Waals surface area contributed by atoms with E-state index >= 15 is 0 Å². The van der Waals surface area contributed by atoms with Crippen molar-refractivity contribution in [3.8, 4) is 0 Å². The maximum absolute atomic E-state index is 12.9. The highest BCUT2D eigenvalue weighted by Crippen LogP contribution is 2.63. The number of amides is 1. The zero-order valence-corrected chi connectivity index (χ0v) is 20.6. The molecule has 1 N–H and O–H groups in total. The Bertz CT molecular complexity index is 770. The van der Waals surface area contributed by atoms with E-state index in [9.17, 15) is 27.0 Å². The quantitative estimate of drug-likeness (QED) is 0.290. The predicted molar refractivity (Wildman–Crippen MR) is 124 cm³/mol. The van der Waals surface area contributed by atoms with Crippen molar-refractivity contribution in [1.29, 1.82) is 0 Å². The van der Waals surface area contributed by atoms with Crippen molar-refractivity contribution in [2.75, 3.05) is 12.3 Å². The summed E-state index contributed by atoms with van der Waals surface area (Å²) in [7, 11) is -1.13. The van der Waals surface area contributed by atoms with E-state index in [0.717, 1.165) is 38.4 Å². The molecule has 3 fully saturated rings. The third kappa shape index (κ3) is 5.73. The molecule has 3 aliphatic carbocycles. The highest BCUT2D eigenvalue weighted by atomic mass is 32.2. The van der Waals surface area contributed by atoms with Crippen molar-refractivity contribution in [3.63, 3.8) is 0 Å². The lowest BCUT2D eigenvalue weighted by Gasteiger charge is -2.60. The first-order valence-electron chi connectivity index (χ1n) is 12.3. The van der Waals surface area contributed by atoms with Gasteiger partial charge in [0.1, 0.15) is 6.29 Å². The number of rotatable bonds is 8. The highest BCUT2D eigenvalue weighted by molar-refractivity contribution is 7.85. The summed E-state index contributed by atoms with van der Waals surface area (Å²) < 4.78 is 49.8. The van der Waals surface area contributed by atoms with Crippen LogP contribution in [0.4, 0.5) is 13.2 Å². The number of halogens is 3. The van der Waals surface area contributed by atoms with Crippen LogP contribution < -0.4 is 5.32 Å². The molecule has 0 spiro atoms. The lowest BCUT2D eigenvalue weighted by Crippen LogP contribution is -2.53. The van der Waals surface area contributed by atoms with Gasteiger partial charge in [-0.3, -0.25) is 9.00 Å². The zero-order chi connectivity index (χ0) is 24.4. The van der Waals surface area contributed by atoms with Crippen molar-refractivity contribution < 1.29 is 27.0 Å². The molecular weight excluding hydrogens is 451 g/mol. The molecule has 0 aromatic heterocycles. The van der Waals surface area contributed by atoms with Crippen LogP contribution in [-0.4, -0.2) is 40.1 Å². The predicted octanol–water partition coefficient (Wildman–Crippen LogP) is 5.20. The van der Waals surface area contributed by atoms with E-state index < -0.39 is 22.9 Å². The van der Waals surface area contributed by atoms with Crippen molar-refractivity contribution in [2.45, 2.75) is 83.1 Å². The van der Waals surface area contributed by atoms with Gasteiger partial charge in [0, 0.05) is 34.8 Å². The number of nitrogens with one attached hydrogen (secondary N) is 1. The van der Waals surface area contributed by atoms with Crippen molar-refractivity contribution >= 4 is 23.0 Å². The molecule has 0 radical (unpaired) electrons. The number of allylic oxidation sites excluding steroid dienone is 1. The molecule has 33 heavy (non-hydrogen) atoms. The minimum absolute atomic E-state index is 0.0306. The van der Waals surface area contributed by atoms with Gasteiger partial charge in [0.25, 0.3) is 0 Å². The third-order valence-corrected chi connectivity index (χ3v) is 10.8. The lowest BCUT2D eigenvalue weighted by molar-refractivity contribution is -0.173. The van der Waals surface area contributed by atoms with E-state index in [0.29, 0.717) is 41.8 Å². The van der Waals surface area contributed by atoms with Gasteiger partial charge in [0.05, 0.1) is 0 Å². The number of aldehydes is 1. The first-order chi connectivity index (χ1) is 15.5. The Morgan fingerprint density at radius 3 is 2.70 bits per heavy atom. The second-order valence-corrected chi connectivity index (χ2v) is 12.6. The van der Waals surface area contributed by atoms with E-state index in [1.54, 1.807) is 0 Å². The molecule has 188 valence electrons. The molecule has 1 amide bonds. The second-order valence-electron chi connectivity index (χ2n) is 10.7. The lowest BCUT2D eigenvalue weighted by atomic mass is 9.46. The molecule has 0 aromatic rings. The fourth-order valence-electron chi connectivity index (χ4n) is 7.20. The molecule has 3 rings (SSSR count). The molecule has 0 aromatic carbocycles. The molecule has 0 heterocycles. The Morgan fingerprint density at radius 2 is 2.03 bits per heavy atom. The van der Waals surface area contributed by atoms with Crippen LogP contribution in [0.2, 0.25) is 0 Å². The van der Waals surface area contributed by atoms with Gasteiger partial charge in [-0.25, -0.2) is 0 Å². The maximum atomic E-state index is 12.9. The Kier molecular flexibility index (Phi) is 8.50. The van der Waals surface area contributed by atoms with Crippen LogP contribution in [-0.2, 0) is 20.4 Å². The topological polar surface area (TPSA) is 63.2 Å². The molecule has 3 aliphatic rings. The molecule has 4 unspecified atom stereocenters. The molecule has 3 saturated carbocycles. The van der Waals surface area contributed by atoms with Crippen LogP contribution >= 0.6 is 0 Å². The van der Waals surface area contributed by atoms with Crippen molar-refractivity contribution in [3.05, 3.63) is 12.2 Å². The Balaban J connectivity index is 1.59. The molecule has 0 saturated heterocycles. The van der Waals surface area contributed by atoms with Gasteiger partial charge in [-0.15, -0.1) is 0 Å². The smallest absolute Gasteiger partial charge is 0.348 e. The molecule has 0 aliphatic heterocycles. The van der Waals surface area contributed by atoms with E-state index in [1.807, 2.05) is 5.32 Å². The van der Waals surface area contributed by atoms with Crippen LogP contribution in [0.3, 0.4) is 0 Å². The average Bonchev–Trinajstić information content (AvgIpc) is 2.75. The van der Waals surface area contributed by atoms with Crippen molar-refractivity contribution in [1.82, 2.24) is 5.32 Å². The number of hydrogen-bond acceptors (Lipinski definition) is 3. The van der Waals surface area contributed by atoms with Gasteiger partial charge in [0.15, 0.2) is 0 Å². The van der Waals surface area contributed by atoms with Gasteiger partial charge in [-0.05, 0) is 80.0 Å². The largest absolute Gasteiger partial charge is 0.471 e. The Labute approximate surface area is 198 Å². The standard InChI is InChI=1S/C25H38F3NO3S/c1-16-7-8-21-20(19(16)6-4-12-30)14-17(2)22-15-18(9-10-24(21,22)3)33(32)13-5-11-29-23(31)25(26,27)28/h12,16,18-22H,2,4-11,13-15H2,1,3H3,(H,29,31)/t16-,18-,19?,20?,21?,22-,24-,33?/m1/s1. The average molecular weight is 490 g/mol. The molecule has 4 nitrogen and oxygen atoms in total. The minimum Gasteiger partial charge on any atom is -0.348 e. The van der Waals surface area contributed by atoms with Crippen LogP contribution in [0.15, 0.2) is 12.2 Å². The number of fused-ring (bicyclic) bond motifs is 3. The summed E-state index contributed by atoms with van der Waals surface area (Å²) in [5.41, 5.74) is 1.39. The highest BCUT2D eigenvalue weighted by Gasteiger charge is 2.55. The molecule has 0 bridgehead atoms. The van der Waals surface area contributed by atoms with E-state index in [1.165, 1.54) is 18.4 Å². The van der Waals surface area contributed by atoms with E-state index in [-0.39, 0.29) is 23.6 Å². The van der Waals surface area contributed by atoms with Gasteiger partial charge >= 0.3 is 12.1 Å². The fraction of sp³-hybridized carbons (Fsp3) is 0.840. The number of carbonyl (C=O) groups excluding carboxylic acids is 2. The molecule has 8 heteroatoms. The maximum Gasteiger partial charge on any atom is 0.471 e. The van der Waals surface area contributed by atoms with E-state index in [2.05, 4.69) is 20.4 Å². The monoisotopic (exact) mass is 489 g/mol. The summed E-state index contributed by atoms with van der Waals surface area (Å²) in [4.78, 5) is 21.9. The SMILES string of the molecule is C=C1CC2C(CCC=O)[C@H](C)CCC2[C@@]2(C)CC[C@@H](S(=O)CCCNC(=O)C(F)(F)F)C[C@H]12. The summed E-state index contributed by atoms with van der Waals surface area (Å²) in [6.45, 7) is 9.05. The number of carbonyl (C=O) groups is 2. The summed E-state index contributed by atoms with van der Waals surface area (Å²) in [5.74, 6) is 1.04. The second kappa shape index (κ2) is 10.6. The van der Waals surface area contributed by atoms with Crippen LogP contribution in [0, 0.1) is 35.0 Å². The van der Waals surface area contributed by atoms with Gasteiger partial charge in [0.2, 0.25) is 0 Å². The van der Waals surface area contributed by atoms with Gasteiger partial charge < -0.3 is 10.1 Å². The molecule has 8 atom stereocenters.